The molecule has 0 bridgehead atoms. The fraction of sp³-hybridized carbons (Fsp3) is 0.0556. The van der Waals surface area contributed by atoms with Crippen LogP contribution in [0.1, 0.15) is 52.7 Å². The summed E-state index contributed by atoms with van der Waals surface area (Å²) in [6.45, 7) is 0. The van der Waals surface area contributed by atoms with Crippen LogP contribution in [-0.4, -0.2) is 69.0 Å². The quantitative estimate of drug-likeness (QED) is 0.118. The molecule has 9 aromatic rings. The Hall–Kier alpha value is -9.39. The van der Waals surface area contributed by atoms with Gasteiger partial charge in [0.1, 0.15) is 86.6 Å². The molecule has 19 heteroatoms. The highest BCUT2D eigenvalue weighted by molar-refractivity contribution is 6.63. The largest absolute Gasteiger partial charge is 0.514 e. The Morgan fingerprint density at radius 1 is 0.260 bits per heavy atom. The number of fused-ring (bicyclic) bond motifs is 9. The van der Waals surface area contributed by atoms with Crippen molar-refractivity contribution >= 4 is 24.6 Å². The highest BCUT2D eigenvalue weighted by Gasteiger charge is 2.67. The molecule has 0 fully saturated rings. The molecule has 0 radical (unpaired) electrons. The topological polar surface area (TPSA) is 124 Å². The minimum absolute atomic E-state index is 0.383. The molecule has 9 heterocycles. The van der Waals surface area contributed by atoms with Gasteiger partial charge in [-0.25, -0.2) is 71.2 Å². The van der Waals surface area contributed by atoms with Crippen molar-refractivity contribution in [3.8, 4) is 67.5 Å². The van der Waals surface area contributed by atoms with E-state index in [4.69, 9.17) is 44.9 Å². The average molecular weight is 969 g/mol. The smallest absolute Gasteiger partial charge is 0.332 e. The van der Waals surface area contributed by atoms with E-state index in [-0.39, 0.29) is 0 Å². The van der Waals surface area contributed by atoms with Crippen LogP contribution in [0.2, 0.25) is 0 Å². The number of nitrogens with zero attached hydrogens (tertiary/aromatic N) is 12. The molecule has 3 aromatic heterocycles. The molecule has 12 nitrogen and oxygen atoms in total. The van der Waals surface area contributed by atoms with E-state index in [9.17, 15) is 26.3 Å². The maximum Gasteiger partial charge on any atom is 0.514 e. The molecular weight excluding hydrogens is 941 g/mol. The molecule has 348 valence electrons. The molecule has 3 atom stereocenters. The predicted octanol–water partition coefficient (Wildman–Crippen LogP) is 10.5. The van der Waals surface area contributed by atoms with Gasteiger partial charge in [0.15, 0.2) is 18.5 Å². The highest BCUT2D eigenvalue weighted by atomic mass is 19.1. The Bertz CT molecular complexity index is 3540. The third-order valence-electron chi connectivity index (χ3n) is 13.8. The standard InChI is InChI=1S/C54H27BF6N12/c56-31-13-1-25(2-14-31)37-38(26-3-15-32(57)16-4-26)63-44-43(62-37)49-68-51-45-46(65-40(28-7-19-34(59)20-8-28)39(64-45)27-5-17-33(58)18-6-27)53-70-54-48-47(52-69-50(44)71(49)55(72(51)53)73(52)54)66-41(29-9-21-35(60)22-10-29)42(67-48)30-11-23-36(61)24-12-30/h1-24,49,52-53H. The first-order valence-electron chi connectivity index (χ1n) is 23.0. The molecule has 73 heavy (non-hydrogen) atoms. The summed E-state index contributed by atoms with van der Waals surface area (Å²) in [5, 5.41) is 0. The molecule has 0 saturated heterocycles. The first kappa shape index (κ1) is 41.4. The monoisotopic (exact) mass is 968 g/mol. The molecular formula is C54H27BF6N12. The summed E-state index contributed by atoms with van der Waals surface area (Å²) >= 11 is 0. The average Bonchev–Trinajstić information content (AvgIpc) is 4.04. The number of aromatic nitrogens is 6. The zero-order chi connectivity index (χ0) is 49.0. The van der Waals surface area contributed by atoms with E-state index in [1.807, 2.05) is 14.4 Å². The Morgan fingerprint density at radius 2 is 0.452 bits per heavy atom. The SMILES string of the molecule is Fc1ccc(-c2nc3c(nc2-c2ccc(F)cc2)C2N=C4c5nc(-c6ccc(F)cc6)c(-c6ccc(F)cc6)nc5C5N=C6c7nc(-c8ccc(F)cc8)c(-c8ccc(F)cc8)nc7C7N=C3N2B(N45)N67)cc1. The van der Waals surface area contributed by atoms with E-state index in [1.54, 1.807) is 72.8 Å². The van der Waals surface area contributed by atoms with E-state index in [0.717, 1.165) is 0 Å². The molecule has 6 aliphatic heterocycles. The van der Waals surface area contributed by atoms with Crippen molar-refractivity contribution in [1.82, 2.24) is 44.3 Å². The van der Waals surface area contributed by atoms with Crippen molar-refractivity contribution in [2.75, 3.05) is 0 Å². The van der Waals surface area contributed by atoms with Gasteiger partial charge in [-0.3, -0.25) is 0 Å². The Labute approximate surface area is 409 Å². The van der Waals surface area contributed by atoms with Crippen LogP contribution in [0.4, 0.5) is 26.3 Å². The second-order valence-electron chi connectivity index (χ2n) is 18.1. The number of rotatable bonds is 6. The number of aliphatic imine (C=N–C) groups is 3. The van der Waals surface area contributed by atoms with Gasteiger partial charge < -0.3 is 14.4 Å². The Morgan fingerprint density at radius 3 is 0.658 bits per heavy atom. The second kappa shape index (κ2) is 15.1. The van der Waals surface area contributed by atoms with Crippen LogP contribution >= 0.6 is 0 Å². The molecule has 0 saturated carbocycles. The zero-order valence-corrected chi connectivity index (χ0v) is 37.3. The van der Waals surface area contributed by atoms with Crippen LogP contribution in [0.3, 0.4) is 0 Å². The molecule has 15 rings (SSSR count). The lowest BCUT2D eigenvalue weighted by Crippen LogP contribution is -2.71. The van der Waals surface area contributed by atoms with E-state index >= 15 is 0 Å². The summed E-state index contributed by atoms with van der Waals surface area (Å²) in [5.41, 5.74) is 8.00. The second-order valence-corrected chi connectivity index (χ2v) is 18.1. The van der Waals surface area contributed by atoms with Crippen LogP contribution in [0, 0.1) is 34.9 Å². The maximum absolute atomic E-state index is 14.5. The van der Waals surface area contributed by atoms with E-state index in [2.05, 4.69) is 0 Å². The van der Waals surface area contributed by atoms with E-state index in [0.29, 0.717) is 119 Å². The van der Waals surface area contributed by atoms with Gasteiger partial charge in [0.05, 0.1) is 34.2 Å². The fourth-order valence-electron chi connectivity index (χ4n) is 10.6. The van der Waals surface area contributed by atoms with Crippen molar-refractivity contribution in [2.45, 2.75) is 18.5 Å². The maximum atomic E-state index is 14.5. The lowest BCUT2D eigenvalue weighted by atomic mass is 9.78. The Kier molecular flexibility index (Phi) is 8.54. The summed E-state index contributed by atoms with van der Waals surface area (Å²) < 4.78 is 86.9. The van der Waals surface area contributed by atoms with Crippen LogP contribution in [-0.2, 0) is 0 Å². The van der Waals surface area contributed by atoms with Gasteiger partial charge in [0, 0.05) is 33.4 Å². The third kappa shape index (κ3) is 6.07. The highest BCUT2D eigenvalue weighted by Crippen LogP contribution is 2.55. The van der Waals surface area contributed by atoms with Crippen LogP contribution in [0.25, 0.3) is 67.5 Å². The van der Waals surface area contributed by atoms with E-state index in [1.165, 1.54) is 72.8 Å². The van der Waals surface area contributed by atoms with E-state index < -0.39 is 60.5 Å². The number of benzene rings is 6. The van der Waals surface area contributed by atoms with Crippen molar-refractivity contribution in [1.29, 1.82) is 0 Å². The van der Waals surface area contributed by atoms with Crippen molar-refractivity contribution in [3.05, 3.63) is 215 Å². The van der Waals surface area contributed by atoms with Gasteiger partial charge in [-0.2, -0.15) is 0 Å². The molecule has 6 aromatic carbocycles. The summed E-state index contributed by atoms with van der Waals surface area (Å²) in [5.74, 6) is -1.46. The van der Waals surface area contributed by atoms with Crippen molar-refractivity contribution in [3.63, 3.8) is 0 Å². The van der Waals surface area contributed by atoms with Gasteiger partial charge in [-0.15, -0.1) is 0 Å². The van der Waals surface area contributed by atoms with Crippen LogP contribution < -0.4 is 0 Å². The molecule has 0 aliphatic carbocycles. The number of halogens is 6. The van der Waals surface area contributed by atoms with Gasteiger partial charge >= 0.3 is 7.12 Å². The number of amidine groups is 3. The molecule has 6 aliphatic rings. The fourth-order valence-corrected chi connectivity index (χ4v) is 10.6. The lowest BCUT2D eigenvalue weighted by molar-refractivity contribution is 0.280. The van der Waals surface area contributed by atoms with Gasteiger partial charge in [0.25, 0.3) is 0 Å². The minimum atomic E-state index is -0.895. The van der Waals surface area contributed by atoms with Crippen molar-refractivity contribution in [2.24, 2.45) is 15.0 Å². The van der Waals surface area contributed by atoms with Crippen LogP contribution in [0.15, 0.2) is 161 Å². The van der Waals surface area contributed by atoms with Crippen molar-refractivity contribution < 1.29 is 26.3 Å². The minimum Gasteiger partial charge on any atom is -0.332 e. The summed E-state index contributed by atoms with van der Waals surface area (Å²) in [6, 6.07) is 35.2. The van der Waals surface area contributed by atoms with Gasteiger partial charge in [0.2, 0.25) is 0 Å². The van der Waals surface area contributed by atoms with Gasteiger partial charge in [-0.05, 0) is 146 Å². The van der Waals surface area contributed by atoms with Gasteiger partial charge in [-0.1, -0.05) is 0 Å². The predicted molar refractivity (Wildman–Crippen MR) is 258 cm³/mol. The molecule has 0 spiro atoms. The normalized spacial score (nSPS) is 18.0. The summed E-state index contributed by atoms with van der Waals surface area (Å²) in [6.07, 6.45) is -2.69. The first-order valence-corrected chi connectivity index (χ1v) is 23.0. The zero-order valence-electron chi connectivity index (χ0n) is 37.3. The first-order chi connectivity index (χ1) is 35.6. The summed E-state index contributed by atoms with van der Waals surface area (Å²) in [7, 11) is -0.786. The third-order valence-corrected chi connectivity index (χ3v) is 13.8. The lowest BCUT2D eigenvalue weighted by Gasteiger charge is -2.51. The summed E-state index contributed by atoms with van der Waals surface area (Å²) in [4.78, 5) is 54.2. The molecule has 0 amide bonds. The Balaban J connectivity index is 1.02. The molecule has 3 unspecified atom stereocenters. The van der Waals surface area contributed by atoms with Crippen LogP contribution in [0.5, 0.6) is 0 Å². The number of hydrogen-bond donors (Lipinski definition) is 0. The molecule has 0 N–H and O–H groups in total. The number of hydrogen-bond acceptors (Lipinski definition) is 12.